The van der Waals surface area contributed by atoms with Gasteiger partial charge in [0, 0.05) is 13.2 Å². The van der Waals surface area contributed by atoms with Crippen molar-refractivity contribution in [2.45, 2.75) is 11.8 Å². The van der Waals surface area contributed by atoms with E-state index in [2.05, 4.69) is 10.3 Å². The molecule has 0 unspecified atom stereocenters. The average Bonchev–Trinajstić information content (AvgIpc) is 2.91. The number of carbonyl (C=O) groups excluding carboxylic acids is 1. The van der Waals surface area contributed by atoms with E-state index in [4.69, 9.17) is 4.74 Å². The van der Waals surface area contributed by atoms with E-state index in [0.29, 0.717) is 17.0 Å². The highest BCUT2D eigenvalue weighted by Crippen LogP contribution is 2.20. The van der Waals surface area contributed by atoms with E-state index in [1.807, 2.05) is 0 Å². The third-order valence-corrected chi connectivity index (χ3v) is 4.40. The Morgan fingerprint density at radius 3 is 2.55 bits per heavy atom. The number of rotatable bonds is 5. The second kappa shape index (κ2) is 6.20. The van der Waals surface area contributed by atoms with Crippen LogP contribution >= 0.6 is 0 Å². The van der Waals surface area contributed by atoms with Gasteiger partial charge in [-0.3, -0.25) is 10.2 Å². The van der Waals surface area contributed by atoms with Gasteiger partial charge in [0.1, 0.15) is 11.4 Å². The summed E-state index contributed by atoms with van der Waals surface area (Å²) in [5, 5.41) is 0. The first-order valence-corrected chi connectivity index (χ1v) is 7.91. The van der Waals surface area contributed by atoms with Gasteiger partial charge >= 0.3 is 0 Å². The maximum atomic E-state index is 12.2. The van der Waals surface area contributed by atoms with Crippen molar-refractivity contribution in [1.29, 1.82) is 0 Å². The molecule has 1 aromatic carbocycles. The molecule has 2 rings (SSSR count). The first kappa shape index (κ1) is 16.1. The molecule has 0 aliphatic rings. The molecule has 0 aliphatic carbocycles. The zero-order valence-electron chi connectivity index (χ0n) is 12.5. The van der Waals surface area contributed by atoms with Gasteiger partial charge in [-0.1, -0.05) is 0 Å². The van der Waals surface area contributed by atoms with Crippen molar-refractivity contribution < 1.29 is 17.9 Å². The number of nitrogens with one attached hydrogen (secondary N) is 2. The molecular weight excluding hydrogens is 306 g/mol. The van der Waals surface area contributed by atoms with Crippen LogP contribution in [0.3, 0.4) is 0 Å². The quantitative estimate of drug-likeness (QED) is 0.802. The minimum atomic E-state index is -3.85. The van der Waals surface area contributed by atoms with E-state index >= 15 is 0 Å². The van der Waals surface area contributed by atoms with Gasteiger partial charge in [-0.15, -0.1) is 4.83 Å². The Bertz CT molecular complexity index is 796. The minimum absolute atomic E-state index is 0.0398. The summed E-state index contributed by atoms with van der Waals surface area (Å²) in [5.74, 6) is 0.0492. The molecule has 7 nitrogen and oxygen atoms in total. The van der Waals surface area contributed by atoms with Gasteiger partial charge in [-0.2, -0.15) is 0 Å². The molecule has 118 valence electrons. The monoisotopic (exact) mass is 323 g/mol. The Balaban J connectivity index is 2.13. The summed E-state index contributed by atoms with van der Waals surface area (Å²) in [6, 6.07) is 7.71. The van der Waals surface area contributed by atoms with Gasteiger partial charge in [-0.05, 0) is 42.8 Å². The largest absolute Gasteiger partial charge is 0.496 e. The van der Waals surface area contributed by atoms with E-state index in [9.17, 15) is 13.2 Å². The SMILES string of the molecule is COc1ccc(S(=O)(=O)NNC(=O)c2cccn2C)cc1C. The van der Waals surface area contributed by atoms with Gasteiger partial charge in [0.15, 0.2) is 0 Å². The van der Waals surface area contributed by atoms with Gasteiger partial charge in [-0.25, -0.2) is 8.42 Å². The molecule has 0 saturated carbocycles. The fourth-order valence-electron chi connectivity index (χ4n) is 1.95. The number of aryl methyl sites for hydroxylation is 2. The predicted molar refractivity (Wildman–Crippen MR) is 80.9 cm³/mol. The van der Waals surface area contributed by atoms with Gasteiger partial charge in [0.2, 0.25) is 0 Å². The Morgan fingerprint density at radius 2 is 2.00 bits per heavy atom. The molecule has 0 aliphatic heterocycles. The van der Waals surface area contributed by atoms with E-state index in [1.54, 1.807) is 42.9 Å². The minimum Gasteiger partial charge on any atom is -0.496 e. The fourth-order valence-corrected chi connectivity index (χ4v) is 2.88. The first-order valence-electron chi connectivity index (χ1n) is 6.43. The van der Waals surface area contributed by atoms with Crippen molar-refractivity contribution in [2.75, 3.05) is 7.11 Å². The number of hydrogen-bond donors (Lipinski definition) is 2. The van der Waals surface area contributed by atoms with E-state index in [-0.39, 0.29) is 4.90 Å². The first-order chi connectivity index (χ1) is 10.3. The molecule has 2 aromatic rings. The van der Waals surface area contributed by atoms with Gasteiger partial charge in [0.05, 0.1) is 12.0 Å². The molecular formula is C14H17N3O4S. The molecule has 0 bridgehead atoms. The van der Waals surface area contributed by atoms with Crippen LogP contribution < -0.4 is 15.0 Å². The number of sulfonamides is 1. The summed E-state index contributed by atoms with van der Waals surface area (Å²) in [6.45, 7) is 1.74. The van der Waals surface area contributed by atoms with Crippen LogP contribution in [0.1, 0.15) is 16.1 Å². The second-order valence-electron chi connectivity index (χ2n) is 4.70. The smallest absolute Gasteiger partial charge is 0.282 e. The van der Waals surface area contributed by atoms with Crippen molar-refractivity contribution in [1.82, 2.24) is 14.8 Å². The number of carbonyl (C=O) groups is 1. The van der Waals surface area contributed by atoms with E-state index < -0.39 is 15.9 Å². The summed E-state index contributed by atoms with van der Waals surface area (Å²) < 4.78 is 31.0. The van der Waals surface area contributed by atoms with Crippen molar-refractivity contribution >= 4 is 15.9 Å². The summed E-state index contributed by atoms with van der Waals surface area (Å²) in [6.07, 6.45) is 1.69. The lowest BCUT2D eigenvalue weighted by molar-refractivity contribution is 0.0937. The lowest BCUT2D eigenvalue weighted by Crippen LogP contribution is -2.42. The number of ether oxygens (including phenoxy) is 1. The van der Waals surface area contributed by atoms with Crippen LogP contribution in [0, 0.1) is 6.92 Å². The second-order valence-corrected chi connectivity index (χ2v) is 6.38. The van der Waals surface area contributed by atoms with Crippen LogP contribution in [-0.2, 0) is 17.1 Å². The molecule has 0 fully saturated rings. The summed E-state index contributed by atoms with van der Waals surface area (Å²) >= 11 is 0. The summed E-state index contributed by atoms with van der Waals surface area (Å²) in [7, 11) is -0.654. The maximum Gasteiger partial charge on any atom is 0.282 e. The Labute approximate surface area is 128 Å². The molecule has 1 aromatic heterocycles. The number of aromatic nitrogens is 1. The lowest BCUT2D eigenvalue weighted by Gasteiger charge is -2.11. The Hall–Kier alpha value is -2.32. The van der Waals surface area contributed by atoms with E-state index in [0.717, 1.165) is 0 Å². The highest BCUT2D eigenvalue weighted by Gasteiger charge is 2.17. The number of amides is 1. The lowest BCUT2D eigenvalue weighted by atomic mass is 10.2. The Morgan fingerprint density at radius 1 is 1.27 bits per heavy atom. The standard InChI is InChI=1S/C14H17N3O4S/c1-10-9-11(6-7-13(10)21-3)22(19,20)16-15-14(18)12-5-4-8-17(12)2/h4-9,16H,1-3H3,(H,15,18). The van der Waals surface area contributed by atoms with Crippen LogP contribution in [0.15, 0.2) is 41.4 Å². The number of hydrazine groups is 1. The molecule has 2 N–H and O–H groups in total. The maximum absolute atomic E-state index is 12.2. The molecule has 0 radical (unpaired) electrons. The number of benzene rings is 1. The van der Waals surface area contributed by atoms with Crippen LogP contribution in [0.4, 0.5) is 0 Å². The van der Waals surface area contributed by atoms with Crippen molar-refractivity contribution in [3.8, 4) is 5.75 Å². The Kier molecular flexibility index (Phi) is 4.53. The van der Waals surface area contributed by atoms with Crippen LogP contribution in [-0.4, -0.2) is 26.0 Å². The molecule has 1 amide bonds. The highest BCUT2D eigenvalue weighted by molar-refractivity contribution is 7.89. The molecule has 1 heterocycles. The molecule has 0 spiro atoms. The topological polar surface area (TPSA) is 89.4 Å². The molecule has 0 saturated heterocycles. The van der Waals surface area contributed by atoms with Crippen molar-refractivity contribution in [3.05, 3.63) is 47.8 Å². The van der Waals surface area contributed by atoms with Gasteiger partial charge in [0.25, 0.3) is 15.9 Å². The summed E-state index contributed by atoms with van der Waals surface area (Å²) in [4.78, 5) is 14.0. The molecule has 22 heavy (non-hydrogen) atoms. The number of methoxy groups -OCH3 is 1. The van der Waals surface area contributed by atoms with Crippen molar-refractivity contribution in [3.63, 3.8) is 0 Å². The molecule has 0 atom stereocenters. The van der Waals surface area contributed by atoms with Gasteiger partial charge < -0.3 is 9.30 Å². The predicted octanol–water partition coefficient (Wildman–Crippen LogP) is 0.965. The fraction of sp³-hybridized carbons (Fsp3) is 0.214. The third-order valence-electron chi connectivity index (χ3n) is 3.15. The highest BCUT2D eigenvalue weighted by atomic mass is 32.2. The van der Waals surface area contributed by atoms with Crippen molar-refractivity contribution in [2.24, 2.45) is 7.05 Å². The van der Waals surface area contributed by atoms with E-state index in [1.165, 1.54) is 19.2 Å². The normalized spacial score (nSPS) is 11.2. The average molecular weight is 323 g/mol. The zero-order chi connectivity index (χ0) is 16.3. The number of hydrogen-bond acceptors (Lipinski definition) is 4. The zero-order valence-corrected chi connectivity index (χ0v) is 13.3. The van der Waals surface area contributed by atoms with Crippen LogP contribution in [0.25, 0.3) is 0 Å². The number of nitrogens with zero attached hydrogens (tertiary/aromatic N) is 1. The van der Waals surface area contributed by atoms with Crippen LogP contribution in [0.5, 0.6) is 5.75 Å². The summed E-state index contributed by atoms with van der Waals surface area (Å²) in [5.41, 5.74) is 3.20. The molecule has 8 heteroatoms. The third kappa shape index (κ3) is 3.29. The van der Waals surface area contributed by atoms with Crippen LogP contribution in [0.2, 0.25) is 0 Å².